The Hall–Kier alpha value is -5.74. The number of amides is 2. The predicted molar refractivity (Wildman–Crippen MR) is 245 cm³/mol. The van der Waals surface area contributed by atoms with Crippen LogP contribution >= 0.6 is 23.2 Å². The van der Waals surface area contributed by atoms with Crippen molar-refractivity contribution in [3.05, 3.63) is 176 Å². The van der Waals surface area contributed by atoms with Crippen molar-refractivity contribution in [1.29, 1.82) is 0 Å². The minimum Gasteiger partial charge on any atom is -0.457 e. The van der Waals surface area contributed by atoms with Gasteiger partial charge in [-0.15, -0.1) is 0 Å². The molecule has 6 aromatic rings. The Balaban J connectivity index is 0.000000186. The minimum atomic E-state index is -0.158. The summed E-state index contributed by atoms with van der Waals surface area (Å²) in [6, 6.07) is 35.1. The van der Waals surface area contributed by atoms with Crippen LogP contribution in [-0.2, 0) is 25.9 Å². The number of likely N-dealkylation sites (tertiary alicyclic amines) is 2. The molecule has 4 aromatic carbocycles. The topological polar surface area (TPSA) is 105 Å². The summed E-state index contributed by atoms with van der Waals surface area (Å²) in [5, 5.41) is 10.8. The smallest absolute Gasteiger partial charge is 0.274 e. The Labute approximate surface area is 374 Å². The van der Waals surface area contributed by atoms with Gasteiger partial charge < -0.3 is 24.4 Å². The van der Waals surface area contributed by atoms with Crippen LogP contribution in [0.5, 0.6) is 23.0 Å². The standard InChI is InChI=1S/C26H27ClN2O2.C25H25ClN2O3/c1-3-18-8-5-6-10-24(18)31-21-11-12-22(19(4-2)16-21)20-13-15-29(17-20)26(30)25-23(27)9-7-14-28-25;1-2-17-6-3-4-8-23(17)31-20-9-10-21(19(14-20)16-29)18-11-13-28(15-18)25(30)24-22(26)7-5-12-27-24/h5-12,14,16,20H,3-4,13,15,17H2,1-2H3;3-10,12,14,18,29H,2,11,13,15-16H2,1H3. The minimum absolute atomic E-state index is 0.0848. The zero-order valence-corrected chi connectivity index (χ0v) is 36.9. The molecule has 0 aliphatic carbocycles. The van der Waals surface area contributed by atoms with Gasteiger partial charge in [0.15, 0.2) is 0 Å². The highest BCUT2D eigenvalue weighted by atomic mass is 35.5. The third-order valence-electron chi connectivity index (χ3n) is 11.7. The number of carbonyl (C=O) groups is 2. The average molecular weight is 872 g/mol. The van der Waals surface area contributed by atoms with E-state index in [2.05, 4.69) is 55.0 Å². The highest BCUT2D eigenvalue weighted by Crippen LogP contribution is 2.36. The molecule has 2 unspecified atom stereocenters. The van der Waals surface area contributed by atoms with Crippen molar-refractivity contribution < 1.29 is 24.2 Å². The molecule has 1 N–H and O–H groups in total. The lowest BCUT2D eigenvalue weighted by atomic mass is 9.92. The maximum Gasteiger partial charge on any atom is 0.274 e. The molecule has 11 heteroatoms. The molecule has 2 aliphatic rings. The van der Waals surface area contributed by atoms with E-state index >= 15 is 0 Å². The van der Waals surface area contributed by atoms with E-state index in [0.717, 1.165) is 66.0 Å². The summed E-state index contributed by atoms with van der Waals surface area (Å²) in [6.45, 7) is 8.89. The molecule has 2 atom stereocenters. The van der Waals surface area contributed by atoms with Crippen LogP contribution in [0.2, 0.25) is 10.0 Å². The lowest BCUT2D eigenvalue weighted by Crippen LogP contribution is -2.29. The normalized spacial score (nSPS) is 15.8. The first kappa shape index (κ1) is 44.3. The van der Waals surface area contributed by atoms with E-state index in [1.807, 2.05) is 65.6 Å². The molecule has 2 fully saturated rings. The summed E-state index contributed by atoms with van der Waals surface area (Å²) in [4.78, 5) is 37.7. The number of aliphatic hydroxyl groups excluding tert-OH is 1. The second kappa shape index (κ2) is 20.9. The van der Waals surface area contributed by atoms with Crippen molar-refractivity contribution in [2.75, 3.05) is 26.2 Å². The van der Waals surface area contributed by atoms with E-state index in [1.54, 1.807) is 41.6 Å². The third-order valence-corrected chi connectivity index (χ3v) is 12.3. The van der Waals surface area contributed by atoms with Crippen LogP contribution in [0.15, 0.2) is 122 Å². The van der Waals surface area contributed by atoms with Crippen LogP contribution in [-0.4, -0.2) is 62.9 Å². The SMILES string of the molecule is CCc1ccccc1Oc1ccc(C2CCN(C(=O)c3ncccc3Cl)C2)c(CC)c1.CCc1ccccc1Oc1ccc(C2CCN(C(=O)c3ncccc3Cl)C2)c(CO)c1. The van der Waals surface area contributed by atoms with Crippen molar-refractivity contribution in [1.82, 2.24) is 19.8 Å². The van der Waals surface area contributed by atoms with E-state index in [9.17, 15) is 14.7 Å². The van der Waals surface area contributed by atoms with Crippen molar-refractivity contribution in [3.8, 4) is 23.0 Å². The number of ether oxygens (including phenoxy) is 2. The number of pyridine rings is 2. The van der Waals surface area contributed by atoms with Crippen molar-refractivity contribution >= 4 is 35.0 Å². The first-order valence-electron chi connectivity index (χ1n) is 21.4. The summed E-state index contributed by atoms with van der Waals surface area (Å²) in [7, 11) is 0. The molecular weight excluding hydrogens is 819 g/mol. The largest absolute Gasteiger partial charge is 0.457 e. The van der Waals surface area contributed by atoms with E-state index in [0.29, 0.717) is 53.6 Å². The summed E-state index contributed by atoms with van der Waals surface area (Å²) in [5.41, 5.74) is 7.37. The molecule has 62 heavy (non-hydrogen) atoms. The van der Waals surface area contributed by atoms with Gasteiger partial charge in [0.25, 0.3) is 11.8 Å². The second-order valence-corrected chi connectivity index (χ2v) is 16.3. The quantitative estimate of drug-likeness (QED) is 0.131. The number of para-hydroxylation sites is 2. The zero-order valence-electron chi connectivity index (χ0n) is 35.4. The Kier molecular flexibility index (Phi) is 14.9. The fraction of sp³-hybridized carbons (Fsp3) is 0.294. The Bertz CT molecular complexity index is 2340. The fourth-order valence-corrected chi connectivity index (χ4v) is 8.76. The average Bonchev–Trinajstić information content (AvgIpc) is 4.01. The van der Waals surface area contributed by atoms with Gasteiger partial charge in [-0.25, -0.2) is 9.97 Å². The number of aromatic nitrogens is 2. The highest BCUT2D eigenvalue weighted by Gasteiger charge is 2.32. The van der Waals surface area contributed by atoms with Gasteiger partial charge in [-0.1, -0.05) is 92.5 Å². The molecule has 0 bridgehead atoms. The van der Waals surface area contributed by atoms with Gasteiger partial charge in [-0.05, 0) is 126 Å². The number of nitrogens with zero attached hydrogens (tertiary/aromatic N) is 4. The second-order valence-electron chi connectivity index (χ2n) is 15.5. The monoisotopic (exact) mass is 870 g/mol. The molecule has 8 rings (SSSR count). The molecule has 2 saturated heterocycles. The summed E-state index contributed by atoms with van der Waals surface area (Å²) >= 11 is 12.3. The van der Waals surface area contributed by atoms with Crippen LogP contribution < -0.4 is 9.47 Å². The van der Waals surface area contributed by atoms with E-state index in [-0.39, 0.29) is 30.0 Å². The van der Waals surface area contributed by atoms with Crippen molar-refractivity contribution in [2.24, 2.45) is 0 Å². The Morgan fingerprint density at radius 2 is 1.03 bits per heavy atom. The molecule has 0 spiro atoms. The molecular formula is C51H52Cl2N4O5. The number of aliphatic hydroxyl groups is 1. The van der Waals surface area contributed by atoms with Gasteiger partial charge in [-0.2, -0.15) is 0 Å². The van der Waals surface area contributed by atoms with Gasteiger partial charge in [-0.3, -0.25) is 9.59 Å². The summed E-state index contributed by atoms with van der Waals surface area (Å²) in [5.74, 6) is 3.48. The molecule has 0 radical (unpaired) electrons. The van der Waals surface area contributed by atoms with E-state index < -0.39 is 0 Å². The maximum absolute atomic E-state index is 12.9. The molecule has 2 aliphatic heterocycles. The summed E-state index contributed by atoms with van der Waals surface area (Å²) < 4.78 is 12.3. The van der Waals surface area contributed by atoms with Crippen molar-refractivity contribution in [3.63, 3.8) is 0 Å². The van der Waals surface area contributed by atoms with Gasteiger partial charge >= 0.3 is 0 Å². The molecule has 320 valence electrons. The van der Waals surface area contributed by atoms with Crippen molar-refractivity contribution in [2.45, 2.75) is 71.3 Å². The first-order chi connectivity index (χ1) is 30.2. The number of carbonyl (C=O) groups excluding carboxylic acids is 2. The summed E-state index contributed by atoms with van der Waals surface area (Å²) in [6.07, 6.45) is 7.67. The first-order valence-corrected chi connectivity index (χ1v) is 22.1. The number of benzene rings is 4. The molecule has 2 aromatic heterocycles. The number of rotatable bonds is 12. The zero-order chi connectivity index (χ0) is 43.6. The number of hydrogen-bond acceptors (Lipinski definition) is 7. The lowest BCUT2D eigenvalue weighted by Gasteiger charge is -2.19. The predicted octanol–water partition coefficient (Wildman–Crippen LogP) is 11.5. The maximum atomic E-state index is 12.9. The van der Waals surface area contributed by atoms with Gasteiger partial charge in [0, 0.05) is 50.4 Å². The molecule has 4 heterocycles. The molecule has 2 amide bonds. The van der Waals surface area contributed by atoms with Gasteiger partial charge in [0.05, 0.1) is 16.7 Å². The number of aryl methyl sites for hydroxylation is 3. The van der Waals surface area contributed by atoms with Crippen LogP contribution in [0.25, 0.3) is 0 Å². The van der Waals surface area contributed by atoms with E-state index in [1.165, 1.54) is 16.7 Å². The van der Waals surface area contributed by atoms with Crippen LogP contribution in [0, 0.1) is 0 Å². The molecule has 0 saturated carbocycles. The van der Waals surface area contributed by atoms with Crippen LogP contribution in [0.4, 0.5) is 0 Å². The van der Waals surface area contributed by atoms with E-state index in [4.69, 9.17) is 32.7 Å². The van der Waals surface area contributed by atoms with Gasteiger partial charge in [0.1, 0.15) is 34.4 Å². The molecule has 9 nitrogen and oxygen atoms in total. The highest BCUT2D eigenvalue weighted by molar-refractivity contribution is 6.33. The van der Waals surface area contributed by atoms with Crippen LogP contribution in [0.3, 0.4) is 0 Å². The Morgan fingerprint density at radius 1 is 0.597 bits per heavy atom. The van der Waals surface area contributed by atoms with Crippen LogP contribution in [0.1, 0.15) is 99.8 Å². The third kappa shape index (κ3) is 10.3. The Morgan fingerprint density at radius 3 is 1.47 bits per heavy atom. The van der Waals surface area contributed by atoms with Gasteiger partial charge in [0.2, 0.25) is 0 Å². The number of hydrogen-bond donors (Lipinski definition) is 1. The lowest BCUT2D eigenvalue weighted by molar-refractivity contribution is 0.0777. The fourth-order valence-electron chi connectivity index (χ4n) is 8.36. The number of halogens is 2.